The lowest BCUT2D eigenvalue weighted by Gasteiger charge is -2.21. The van der Waals surface area contributed by atoms with E-state index in [4.69, 9.17) is 0 Å². The maximum atomic E-state index is 13.7. The predicted molar refractivity (Wildman–Crippen MR) is 140 cm³/mol. The summed E-state index contributed by atoms with van der Waals surface area (Å²) in [5.41, 5.74) is -0.879. The van der Waals surface area contributed by atoms with Gasteiger partial charge in [0.05, 0.1) is 0 Å². The molecule has 13 heteroatoms. The van der Waals surface area contributed by atoms with E-state index in [1.54, 1.807) is 24.3 Å². The van der Waals surface area contributed by atoms with Crippen molar-refractivity contribution in [1.29, 1.82) is 0 Å². The van der Waals surface area contributed by atoms with Gasteiger partial charge in [0.15, 0.2) is 5.13 Å². The molecular formula is C24H28F3N6O2PS. The van der Waals surface area contributed by atoms with E-state index in [1.807, 2.05) is 13.8 Å². The van der Waals surface area contributed by atoms with E-state index in [9.17, 15) is 22.5 Å². The third-order valence-electron chi connectivity index (χ3n) is 6.40. The quantitative estimate of drug-likeness (QED) is 0.324. The van der Waals surface area contributed by atoms with Crippen LogP contribution in [-0.4, -0.2) is 46.3 Å². The second-order valence-corrected chi connectivity index (χ2v) is 13.1. The normalized spacial score (nSPS) is 14.9. The van der Waals surface area contributed by atoms with Crippen LogP contribution in [0.25, 0.3) is 11.4 Å². The Bertz CT molecular complexity index is 1280. The second-order valence-electron chi connectivity index (χ2n) is 8.70. The Morgan fingerprint density at radius 3 is 2.43 bits per heavy atom. The molecule has 0 spiro atoms. The van der Waals surface area contributed by atoms with E-state index >= 15 is 0 Å². The van der Waals surface area contributed by atoms with E-state index < -0.39 is 18.9 Å². The van der Waals surface area contributed by atoms with Crippen molar-refractivity contribution >= 4 is 46.5 Å². The molecule has 1 aliphatic heterocycles. The zero-order valence-electron chi connectivity index (χ0n) is 20.4. The fourth-order valence-electron chi connectivity index (χ4n) is 4.11. The van der Waals surface area contributed by atoms with Gasteiger partial charge in [-0.15, -0.1) is 11.3 Å². The van der Waals surface area contributed by atoms with Crippen LogP contribution in [0.5, 0.6) is 0 Å². The molecule has 1 aliphatic rings. The molecule has 3 heterocycles. The van der Waals surface area contributed by atoms with Crippen LogP contribution in [0.3, 0.4) is 0 Å². The van der Waals surface area contributed by atoms with Gasteiger partial charge in [-0.1, -0.05) is 13.8 Å². The summed E-state index contributed by atoms with van der Waals surface area (Å²) in [7, 11) is -2.45. The summed E-state index contributed by atoms with van der Waals surface area (Å²) in [6, 6.07) is 6.90. The van der Waals surface area contributed by atoms with Crippen molar-refractivity contribution in [3.8, 4) is 11.4 Å². The molecule has 1 amide bonds. The first-order valence-electron chi connectivity index (χ1n) is 12.0. The molecular weight excluding hydrogens is 524 g/mol. The van der Waals surface area contributed by atoms with Crippen molar-refractivity contribution in [2.24, 2.45) is 5.92 Å². The molecule has 0 bridgehead atoms. The van der Waals surface area contributed by atoms with Crippen molar-refractivity contribution in [3.63, 3.8) is 0 Å². The van der Waals surface area contributed by atoms with Gasteiger partial charge >= 0.3 is 6.18 Å². The lowest BCUT2D eigenvalue weighted by atomic mass is 9.97. The molecule has 198 valence electrons. The van der Waals surface area contributed by atoms with E-state index in [2.05, 4.69) is 30.9 Å². The van der Waals surface area contributed by atoms with Crippen LogP contribution in [0.1, 0.15) is 32.3 Å². The molecule has 8 nitrogen and oxygen atoms in total. The Balaban J connectivity index is 1.57. The number of nitrogens with one attached hydrogen (secondary N) is 3. The maximum absolute atomic E-state index is 13.7. The van der Waals surface area contributed by atoms with Crippen molar-refractivity contribution < 1.29 is 22.5 Å². The number of alkyl halides is 3. The Labute approximate surface area is 216 Å². The maximum Gasteiger partial charge on any atom is 0.420 e. The predicted octanol–water partition coefficient (Wildman–Crippen LogP) is 5.33. The summed E-state index contributed by atoms with van der Waals surface area (Å²) in [4.78, 5) is 24.7. The van der Waals surface area contributed by atoms with Crippen LogP contribution in [0.15, 0.2) is 35.8 Å². The van der Waals surface area contributed by atoms with E-state index in [0.29, 0.717) is 37.0 Å². The number of hydrogen-bond donors (Lipinski definition) is 3. The van der Waals surface area contributed by atoms with Crippen LogP contribution in [0.4, 0.5) is 29.9 Å². The number of thiazole rings is 1. The first-order chi connectivity index (χ1) is 17.6. The largest absolute Gasteiger partial charge is 0.420 e. The topological polar surface area (TPSA) is 109 Å². The summed E-state index contributed by atoms with van der Waals surface area (Å²) >= 11 is 1.04. The number of piperidine rings is 1. The number of nitrogens with zero attached hydrogens (tertiary/aromatic N) is 3. The van der Waals surface area contributed by atoms with Gasteiger partial charge in [-0.25, -0.2) is 15.0 Å². The molecule has 0 atom stereocenters. The molecule has 0 unspecified atom stereocenters. The minimum Gasteiger partial charge on any atom is -0.324 e. The highest BCUT2D eigenvalue weighted by atomic mass is 32.1. The highest BCUT2D eigenvalue weighted by Gasteiger charge is 2.36. The first kappa shape index (κ1) is 27.2. The van der Waals surface area contributed by atoms with Gasteiger partial charge in [0.1, 0.15) is 24.1 Å². The lowest BCUT2D eigenvalue weighted by Crippen LogP contribution is -2.34. The van der Waals surface area contributed by atoms with E-state index in [-0.39, 0.29) is 34.3 Å². The highest BCUT2D eigenvalue weighted by Crippen LogP contribution is 2.43. The SMILES string of the molecule is CCP(=O)(CC)c1ccc(Nc2ncc(C(F)(F)F)c(-c3csc(NC(=O)C4CCNCC4)n3)n2)cc1. The van der Waals surface area contributed by atoms with Crippen LogP contribution in [0.2, 0.25) is 0 Å². The zero-order chi connectivity index (χ0) is 26.6. The fraction of sp³-hybridized carbons (Fsp3) is 0.417. The second kappa shape index (κ2) is 11.3. The number of anilines is 3. The summed E-state index contributed by atoms with van der Waals surface area (Å²) in [5, 5.41) is 11.2. The number of carbonyl (C=O) groups excluding carboxylic acids is 1. The van der Waals surface area contributed by atoms with Crippen LogP contribution >= 0.6 is 18.5 Å². The van der Waals surface area contributed by atoms with Crippen molar-refractivity contribution in [2.45, 2.75) is 32.9 Å². The third kappa shape index (κ3) is 6.37. The number of benzene rings is 1. The Hall–Kier alpha value is -2.82. The summed E-state index contributed by atoms with van der Waals surface area (Å²) in [6.07, 6.45) is -1.49. The van der Waals surface area contributed by atoms with Gasteiger partial charge in [0, 0.05) is 40.8 Å². The fourth-order valence-corrected chi connectivity index (χ4v) is 6.68. The molecule has 1 aromatic carbocycles. The smallest absolute Gasteiger partial charge is 0.324 e. The van der Waals surface area contributed by atoms with Crippen molar-refractivity contribution in [2.75, 3.05) is 36.0 Å². The summed E-state index contributed by atoms with van der Waals surface area (Å²) < 4.78 is 54.2. The minimum absolute atomic E-state index is 0.00874. The minimum atomic E-state index is -4.70. The van der Waals surface area contributed by atoms with Gasteiger partial charge in [-0.2, -0.15) is 13.2 Å². The van der Waals surface area contributed by atoms with Gasteiger partial charge in [-0.3, -0.25) is 4.79 Å². The molecule has 0 aliphatic carbocycles. The van der Waals surface area contributed by atoms with Crippen LogP contribution in [-0.2, 0) is 15.5 Å². The average molecular weight is 553 g/mol. The Morgan fingerprint density at radius 2 is 1.81 bits per heavy atom. The molecule has 0 saturated carbocycles. The average Bonchev–Trinajstić information content (AvgIpc) is 3.37. The number of hydrogen-bond acceptors (Lipinski definition) is 8. The highest BCUT2D eigenvalue weighted by molar-refractivity contribution is 7.71. The monoisotopic (exact) mass is 552 g/mol. The molecule has 1 saturated heterocycles. The van der Waals surface area contributed by atoms with Gasteiger partial charge in [-0.05, 0) is 50.2 Å². The summed E-state index contributed by atoms with van der Waals surface area (Å²) in [6.45, 7) is 5.26. The molecule has 1 fully saturated rings. The number of amides is 1. The van der Waals surface area contributed by atoms with Gasteiger partial charge in [0.25, 0.3) is 0 Å². The number of carbonyl (C=O) groups is 1. The van der Waals surface area contributed by atoms with Gasteiger partial charge < -0.3 is 20.5 Å². The van der Waals surface area contributed by atoms with Gasteiger partial charge in [0.2, 0.25) is 11.9 Å². The number of rotatable bonds is 8. The standard InChI is InChI=1S/C24H28F3N6O2PS/c1-3-36(35,4-2)17-7-5-16(6-8-17)30-22-29-13-18(24(25,26)27)20(32-22)19-14-37-23(31-19)33-21(34)15-9-11-28-12-10-15/h5-8,13-15,28H,3-4,9-12H2,1-2H3,(H,29,30,32)(H,31,33,34). The Morgan fingerprint density at radius 1 is 1.14 bits per heavy atom. The molecule has 2 aromatic heterocycles. The van der Waals surface area contributed by atoms with Crippen molar-refractivity contribution in [3.05, 3.63) is 41.4 Å². The Kier molecular flexibility index (Phi) is 8.30. The third-order valence-corrected chi connectivity index (χ3v) is 10.4. The lowest BCUT2D eigenvalue weighted by molar-refractivity contribution is -0.137. The molecule has 0 radical (unpaired) electrons. The van der Waals surface area contributed by atoms with E-state index in [1.165, 1.54) is 5.38 Å². The summed E-state index contributed by atoms with van der Waals surface area (Å²) in [5.74, 6) is -0.398. The molecule has 4 rings (SSSR count). The van der Waals surface area contributed by atoms with Crippen LogP contribution in [0, 0.1) is 5.92 Å². The zero-order valence-corrected chi connectivity index (χ0v) is 22.1. The number of halogens is 3. The van der Waals surface area contributed by atoms with E-state index in [0.717, 1.165) is 29.7 Å². The molecule has 3 aromatic rings. The van der Waals surface area contributed by atoms with Crippen molar-refractivity contribution in [1.82, 2.24) is 20.3 Å². The van der Waals surface area contributed by atoms with Crippen LogP contribution < -0.4 is 21.3 Å². The molecule has 3 N–H and O–H groups in total. The number of aromatic nitrogens is 3. The molecule has 37 heavy (non-hydrogen) atoms. The first-order valence-corrected chi connectivity index (χ1v) is 15.0.